The van der Waals surface area contributed by atoms with E-state index in [1.165, 1.54) is 44.4 Å². The van der Waals surface area contributed by atoms with Crippen LogP contribution >= 0.6 is 0 Å². The Kier molecular flexibility index (Phi) is 10.0. The van der Waals surface area contributed by atoms with E-state index in [0.717, 1.165) is 0 Å². The van der Waals surface area contributed by atoms with Crippen LogP contribution in [0.25, 0.3) is 0 Å². The topological polar surface area (TPSA) is 30.0 Å². The van der Waals surface area contributed by atoms with Crippen molar-refractivity contribution in [3.8, 4) is 0 Å². The van der Waals surface area contributed by atoms with Crippen LogP contribution in [0.15, 0.2) is 35.3 Å². The smallest absolute Gasteiger partial charge is 0.267 e. The van der Waals surface area contributed by atoms with Crippen molar-refractivity contribution in [2.24, 2.45) is 0 Å². The average Bonchev–Trinajstić information content (AvgIpc) is 2.48. The van der Waals surface area contributed by atoms with Crippen LogP contribution in [0.1, 0.15) is 46.0 Å². The molecule has 0 fully saturated rings. The normalized spacial score (nSPS) is 8.93. The number of unbranched alkanes of at least 4 members (excludes halogenated alkanes) is 4. The fourth-order valence-corrected chi connectivity index (χ4v) is 1.09. The van der Waals surface area contributed by atoms with E-state index < -0.39 is 0 Å². The molecule has 1 rings (SSSR count). The molecule has 15 heavy (non-hydrogen) atoms. The zero-order valence-corrected chi connectivity index (χ0v) is 9.78. The molecule has 1 aromatic rings. The molecule has 2 heteroatoms. The van der Waals surface area contributed by atoms with Crippen molar-refractivity contribution in [1.29, 1.82) is 0 Å². The zero-order chi connectivity index (χ0) is 11.4. The lowest BCUT2D eigenvalue weighted by Crippen LogP contribution is -1.95. The quantitative estimate of drug-likeness (QED) is 0.708. The van der Waals surface area contributed by atoms with Gasteiger partial charge in [0.15, 0.2) is 0 Å². The largest absolute Gasteiger partial charge is 0.269 e. The molecule has 0 aliphatic rings. The summed E-state index contributed by atoms with van der Waals surface area (Å²) in [6.07, 6.45) is 8.48. The van der Waals surface area contributed by atoms with Gasteiger partial charge in [-0.2, -0.15) is 0 Å². The molecule has 1 heterocycles. The molecule has 1 aromatic heterocycles. The van der Waals surface area contributed by atoms with E-state index >= 15 is 0 Å². The molecule has 0 N–H and O–H groups in total. The fourth-order valence-electron chi connectivity index (χ4n) is 1.09. The van der Waals surface area contributed by atoms with Gasteiger partial charge in [0.1, 0.15) is 0 Å². The molecular weight excluding hydrogens is 186 g/mol. The molecule has 0 saturated heterocycles. The standard InChI is InChI=1S/C7H16.C6H5NO/c1-3-5-7-6-4-2;8-6-4-2-1-3-5-7-6/h3-7H2,1-2H3;1-5H. The van der Waals surface area contributed by atoms with Gasteiger partial charge in [0, 0.05) is 12.3 Å². The van der Waals surface area contributed by atoms with Gasteiger partial charge in [-0.3, -0.25) is 4.79 Å². The molecule has 2 nitrogen and oxygen atoms in total. The van der Waals surface area contributed by atoms with E-state index in [2.05, 4.69) is 18.8 Å². The molecule has 0 aromatic carbocycles. The maximum Gasteiger partial charge on any atom is 0.269 e. The molecule has 0 saturated carbocycles. The van der Waals surface area contributed by atoms with E-state index in [0.29, 0.717) is 0 Å². The third kappa shape index (κ3) is 10.7. The molecule has 0 aliphatic carbocycles. The first kappa shape index (κ1) is 13.8. The van der Waals surface area contributed by atoms with Gasteiger partial charge >= 0.3 is 0 Å². The van der Waals surface area contributed by atoms with Gasteiger partial charge in [-0.05, 0) is 6.07 Å². The van der Waals surface area contributed by atoms with E-state index in [1.54, 1.807) is 18.2 Å². The predicted octanol–water partition coefficient (Wildman–Crippen LogP) is 3.42. The minimum absolute atomic E-state index is 0.199. The first-order valence-corrected chi connectivity index (χ1v) is 5.72. The average molecular weight is 207 g/mol. The summed E-state index contributed by atoms with van der Waals surface area (Å²) in [6.45, 7) is 4.49. The van der Waals surface area contributed by atoms with Gasteiger partial charge < -0.3 is 0 Å². The van der Waals surface area contributed by atoms with Crippen LogP contribution in [-0.2, 0) is 0 Å². The number of hydrogen-bond donors (Lipinski definition) is 0. The summed E-state index contributed by atoms with van der Waals surface area (Å²) in [5.74, 6) is 0. The summed E-state index contributed by atoms with van der Waals surface area (Å²) >= 11 is 0. The van der Waals surface area contributed by atoms with Crippen LogP contribution in [0.3, 0.4) is 0 Å². The minimum atomic E-state index is -0.199. The Morgan fingerprint density at radius 2 is 1.67 bits per heavy atom. The van der Waals surface area contributed by atoms with Crippen molar-refractivity contribution in [2.45, 2.75) is 46.0 Å². The van der Waals surface area contributed by atoms with Crippen molar-refractivity contribution < 1.29 is 0 Å². The van der Waals surface area contributed by atoms with Gasteiger partial charge in [0.05, 0.1) is 0 Å². The van der Waals surface area contributed by atoms with Crippen molar-refractivity contribution in [3.63, 3.8) is 0 Å². The SMILES string of the molecule is CCCCCCC.O=c1cccccn1. The van der Waals surface area contributed by atoms with E-state index in [9.17, 15) is 4.79 Å². The maximum absolute atomic E-state index is 10.4. The highest BCUT2D eigenvalue weighted by atomic mass is 16.1. The van der Waals surface area contributed by atoms with Gasteiger partial charge in [-0.15, -0.1) is 0 Å². The van der Waals surface area contributed by atoms with Crippen LogP contribution in [0.5, 0.6) is 0 Å². The number of nitrogens with zero attached hydrogens (tertiary/aromatic N) is 1. The van der Waals surface area contributed by atoms with E-state index in [-0.39, 0.29) is 5.56 Å². The number of hydrogen-bond acceptors (Lipinski definition) is 2. The second kappa shape index (κ2) is 10.9. The van der Waals surface area contributed by atoms with Crippen LogP contribution in [0, 0.1) is 0 Å². The predicted molar refractivity (Wildman–Crippen MR) is 64.9 cm³/mol. The Morgan fingerprint density at radius 3 is 2.27 bits per heavy atom. The molecule has 0 spiro atoms. The van der Waals surface area contributed by atoms with Gasteiger partial charge in [-0.1, -0.05) is 58.1 Å². The highest BCUT2D eigenvalue weighted by molar-refractivity contribution is 4.91. The second-order valence-corrected chi connectivity index (χ2v) is 3.42. The Bertz CT molecular complexity index is 260. The highest BCUT2D eigenvalue weighted by Crippen LogP contribution is 2.00. The molecule has 0 bridgehead atoms. The van der Waals surface area contributed by atoms with Crippen LogP contribution in [-0.4, -0.2) is 4.98 Å². The summed E-state index contributed by atoms with van der Waals surface area (Å²) in [5.41, 5.74) is -0.199. The van der Waals surface area contributed by atoms with Crippen LogP contribution < -0.4 is 5.56 Å². The van der Waals surface area contributed by atoms with Crippen LogP contribution in [0.4, 0.5) is 0 Å². The van der Waals surface area contributed by atoms with Gasteiger partial charge in [-0.25, -0.2) is 4.98 Å². The van der Waals surface area contributed by atoms with E-state index in [4.69, 9.17) is 0 Å². The van der Waals surface area contributed by atoms with Gasteiger partial charge in [0.25, 0.3) is 5.56 Å². The van der Waals surface area contributed by atoms with Crippen molar-refractivity contribution in [2.75, 3.05) is 0 Å². The molecular formula is C13H21NO. The Balaban J connectivity index is 0.000000265. The Hall–Kier alpha value is -1.18. The van der Waals surface area contributed by atoms with E-state index in [1.807, 2.05) is 0 Å². The molecule has 0 radical (unpaired) electrons. The van der Waals surface area contributed by atoms with Crippen LogP contribution in [0.2, 0.25) is 0 Å². The van der Waals surface area contributed by atoms with Gasteiger partial charge in [0.2, 0.25) is 0 Å². The molecule has 0 aliphatic heterocycles. The molecule has 0 unspecified atom stereocenters. The number of rotatable bonds is 4. The first-order chi connectivity index (χ1) is 7.31. The summed E-state index contributed by atoms with van der Waals surface area (Å²) in [5, 5.41) is 0. The number of aromatic nitrogens is 1. The maximum atomic E-state index is 10.4. The third-order valence-electron chi connectivity index (χ3n) is 1.96. The molecule has 0 atom stereocenters. The fraction of sp³-hybridized carbons (Fsp3) is 0.538. The monoisotopic (exact) mass is 207 g/mol. The minimum Gasteiger partial charge on any atom is -0.267 e. The molecule has 84 valence electrons. The van der Waals surface area contributed by atoms with Crippen molar-refractivity contribution in [1.82, 2.24) is 4.98 Å². The summed E-state index contributed by atoms with van der Waals surface area (Å²) in [7, 11) is 0. The lowest BCUT2D eigenvalue weighted by atomic mass is 10.2. The lowest BCUT2D eigenvalue weighted by Gasteiger charge is -1.90. The Morgan fingerprint density at radius 1 is 1.00 bits per heavy atom. The summed E-state index contributed by atoms with van der Waals surface area (Å²) < 4.78 is 0. The molecule has 0 amide bonds. The van der Waals surface area contributed by atoms with Crippen molar-refractivity contribution >= 4 is 0 Å². The van der Waals surface area contributed by atoms with Crippen molar-refractivity contribution in [3.05, 3.63) is 40.8 Å². The first-order valence-electron chi connectivity index (χ1n) is 5.72. The Labute approximate surface area is 92.4 Å². The third-order valence-corrected chi connectivity index (χ3v) is 1.96. The summed E-state index contributed by atoms with van der Waals surface area (Å²) in [6, 6.07) is 6.55. The highest BCUT2D eigenvalue weighted by Gasteiger charge is 1.80. The zero-order valence-electron chi connectivity index (χ0n) is 9.78. The second-order valence-electron chi connectivity index (χ2n) is 3.42. The summed E-state index contributed by atoms with van der Waals surface area (Å²) in [4.78, 5) is 13.8. The lowest BCUT2D eigenvalue weighted by molar-refractivity contribution is 0.656.